The standard InChI is InChI=1S/C8H18N2O4S2/c1-15(11,12)9-7-3-5-8(6-4-7)10-16(2,13)14/h7-10H,3-6H2,1-2H3. The molecule has 0 amide bonds. The van der Waals surface area contributed by atoms with Gasteiger partial charge in [-0.05, 0) is 25.7 Å². The van der Waals surface area contributed by atoms with Crippen molar-refractivity contribution in [2.45, 2.75) is 37.8 Å². The van der Waals surface area contributed by atoms with Crippen LogP contribution in [0.5, 0.6) is 0 Å². The summed E-state index contributed by atoms with van der Waals surface area (Å²) in [5, 5.41) is 0. The fourth-order valence-electron chi connectivity index (χ4n) is 1.93. The molecule has 0 aromatic heterocycles. The molecule has 1 aliphatic carbocycles. The van der Waals surface area contributed by atoms with E-state index in [0.29, 0.717) is 25.7 Å². The van der Waals surface area contributed by atoms with Crippen LogP contribution in [0.4, 0.5) is 0 Å². The predicted molar refractivity (Wildman–Crippen MR) is 62.0 cm³/mol. The maximum Gasteiger partial charge on any atom is 0.208 e. The van der Waals surface area contributed by atoms with Gasteiger partial charge in [-0.25, -0.2) is 26.3 Å². The summed E-state index contributed by atoms with van der Waals surface area (Å²) < 4.78 is 49.0. The molecule has 0 aromatic carbocycles. The predicted octanol–water partition coefficient (Wildman–Crippen LogP) is -0.604. The molecule has 0 saturated heterocycles. The highest BCUT2D eigenvalue weighted by Crippen LogP contribution is 2.19. The molecule has 0 aliphatic heterocycles. The quantitative estimate of drug-likeness (QED) is 0.713. The van der Waals surface area contributed by atoms with Crippen LogP contribution in [0.2, 0.25) is 0 Å². The molecule has 0 aromatic rings. The monoisotopic (exact) mass is 270 g/mol. The highest BCUT2D eigenvalue weighted by atomic mass is 32.2. The topological polar surface area (TPSA) is 92.3 Å². The van der Waals surface area contributed by atoms with Crippen LogP contribution < -0.4 is 9.44 Å². The summed E-state index contributed by atoms with van der Waals surface area (Å²) >= 11 is 0. The Balaban J connectivity index is 2.40. The third-order valence-electron chi connectivity index (χ3n) is 2.49. The van der Waals surface area contributed by atoms with Crippen molar-refractivity contribution in [3.63, 3.8) is 0 Å². The van der Waals surface area contributed by atoms with Gasteiger partial charge in [-0.2, -0.15) is 0 Å². The highest BCUT2D eigenvalue weighted by molar-refractivity contribution is 7.89. The molecule has 0 atom stereocenters. The number of nitrogens with one attached hydrogen (secondary N) is 2. The van der Waals surface area contributed by atoms with E-state index in [2.05, 4.69) is 9.44 Å². The molecule has 8 heteroatoms. The summed E-state index contributed by atoms with van der Waals surface area (Å²) in [4.78, 5) is 0. The molecule has 96 valence electrons. The Morgan fingerprint density at radius 1 is 0.750 bits per heavy atom. The van der Waals surface area contributed by atoms with Gasteiger partial charge in [0.25, 0.3) is 0 Å². The number of hydrogen-bond donors (Lipinski definition) is 2. The lowest BCUT2D eigenvalue weighted by Crippen LogP contribution is -2.43. The van der Waals surface area contributed by atoms with Gasteiger partial charge in [0.2, 0.25) is 20.0 Å². The first kappa shape index (κ1) is 13.9. The Bertz CT molecular complexity index is 379. The molecular weight excluding hydrogens is 252 g/mol. The Morgan fingerprint density at radius 3 is 1.19 bits per heavy atom. The minimum Gasteiger partial charge on any atom is -0.213 e. The van der Waals surface area contributed by atoms with E-state index >= 15 is 0 Å². The zero-order chi connectivity index (χ0) is 12.4. The van der Waals surface area contributed by atoms with E-state index in [-0.39, 0.29) is 12.1 Å². The van der Waals surface area contributed by atoms with Crippen molar-refractivity contribution >= 4 is 20.0 Å². The minimum atomic E-state index is -3.17. The van der Waals surface area contributed by atoms with E-state index in [0.717, 1.165) is 12.5 Å². The zero-order valence-electron chi connectivity index (χ0n) is 9.43. The summed E-state index contributed by atoms with van der Waals surface area (Å²) in [5.74, 6) is 0. The van der Waals surface area contributed by atoms with E-state index in [1.54, 1.807) is 0 Å². The summed E-state index contributed by atoms with van der Waals surface area (Å²) in [7, 11) is -6.33. The average molecular weight is 270 g/mol. The third kappa shape index (κ3) is 5.78. The first-order valence-electron chi connectivity index (χ1n) is 5.10. The largest absolute Gasteiger partial charge is 0.213 e. The molecule has 1 aliphatic rings. The summed E-state index contributed by atoms with van der Waals surface area (Å²) in [5.41, 5.74) is 0. The Hall–Kier alpha value is -0.180. The summed E-state index contributed by atoms with van der Waals surface area (Å²) in [6.45, 7) is 0. The van der Waals surface area contributed by atoms with Crippen molar-refractivity contribution in [1.29, 1.82) is 0 Å². The van der Waals surface area contributed by atoms with Gasteiger partial charge in [0.1, 0.15) is 0 Å². The lowest BCUT2D eigenvalue weighted by molar-refractivity contribution is 0.357. The highest BCUT2D eigenvalue weighted by Gasteiger charge is 2.24. The van der Waals surface area contributed by atoms with Crippen LogP contribution in [0.3, 0.4) is 0 Å². The van der Waals surface area contributed by atoms with E-state index in [9.17, 15) is 16.8 Å². The fourth-order valence-corrected chi connectivity index (χ4v) is 3.62. The summed E-state index contributed by atoms with van der Waals surface area (Å²) in [6, 6.07) is -0.125. The first-order valence-corrected chi connectivity index (χ1v) is 8.88. The molecular formula is C8H18N2O4S2. The van der Waals surface area contributed by atoms with Crippen LogP contribution in [0.25, 0.3) is 0 Å². The fraction of sp³-hybridized carbons (Fsp3) is 1.00. The first-order chi connectivity index (χ1) is 7.16. The van der Waals surface area contributed by atoms with Gasteiger partial charge in [0, 0.05) is 12.1 Å². The van der Waals surface area contributed by atoms with Crippen molar-refractivity contribution < 1.29 is 16.8 Å². The Labute approximate surface area is 96.9 Å². The minimum absolute atomic E-state index is 0.0624. The molecule has 1 rings (SSSR count). The lowest BCUT2D eigenvalue weighted by atomic mass is 9.92. The Kier molecular flexibility index (Phi) is 4.33. The second-order valence-corrected chi connectivity index (χ2v) is 7.89. The number of sulfonamides is 2. The van der Waals surface area contributed by atoms with Gasteiger partial charge in [0.15, 0.2) is 0 Å². The number of rotatable bonds is 4. The molecule has 0 heterocycles. The van der Waals surface area contributed by atoms with Crippen molar-refractivity contribution in [1.82, 2.24) is 9.44 Å². The van der Waals surface area contributed by atoms with Crippen LogP contribution in [0.15, 0.2) is 0 Å². The van der Waals surface area contributed by atoms with Crippen LogP contribution in [0.1, 0.15) is 25.7 Å². The zero-order valence-corrected chi connectivity index (χ0v) is 11.1. The van der Waals surface area contributed by atoms with Gasteiger partial charge >= 0.3 is 0 Å². The molecule has 1 fully saturated rings. The van der Waals surface area contributed by atoms with Crippen LogP contribution in [0, 0.1) is 0 Å². The van der Waals surface area contributed by atoms with E-state index < -0.39 is 20.0 Å². The molecule has 0 spiro atoms. The third-order valence-corrected chi connectivity index (χ3v) is 4.01. The van der Waals surface area contributed by atoms with Crippen LogP contribution in [-0.4, -0.2) is 41.4 Å². The summed E-state index contributed by atoms with van der Waals surface area (Å²) in [6.07, 6.45) is 4.93. The van der Waals surface area contributed by atoms with Gasteiger partial charge in [-0.15, -0.1) is 0 Å². The maximum absolute atomic E-state index is 11.0. The van der Waals surface area contributed by atoms with Crippen molar-refractivity contribution in [2.24, 2.45) is 0 Å². The maximum atomic E-state index is 11.0. The molecule has 16 heavy (non-hydrogen) atoms. The van der Waals surface area contributed by atoms with Gasteiger partial charge in [-0.1, -0.05) is 0 Å². The smallest absolute Gasteiger partial charge is 0.208 e. The molecule has 0 radical (unpaired) electrons. The SMILES string of the molecule is CS(=O)(=O)NC1CCC(NS(C)(=O)=O)CC1. The normalized spacial score (nSPS) is 27.9. The number of hydrogen-bond acceptors (Lipinski definition) is 4. The second-order valence-electron chi connectivity index (χ2n) is 4.33. The van der Waals surface area contributed by atoms with Gasteiger partial charge in [0.05, 0.1) is 12.5 Å². The van der Waals surface area contributed by atoms with E-state index in [1.165, 1.54) is 0 Å². The molecule has 6 nitrogen and oxygen atoms in total. The molecule has 2 N–H and O–H groups in total. The molecule has 0 unspecified atom stereocenters. The van der Waals surface area contributed by atoms with Crippen LogP contribution in [-0.2, 0) is 20.0 Å². The van der Waals surface area contributed by atoms with Gasteiger partial charge < -0.3 is 0 Å². The lowest BCUT2D eigenvalue weighted by Gasteiger charge is -2.28. The van der Waals surface area contributed by atoms with Crippen LogP contribution >= 0.6 is 0 Å². The van der Waals surface area contributed by atoms with E-state index in [1.807, 2.05) is 0 Å². The average Bonchev–Trinajstić information content (AvgIpc) is 2.03. The molecule has 1 saturated carbocycles. The van der Waals surface area contributed by atoms with E-state index in [4.69, 9.17) is 0 Å². The van der Waals surface area contributed by atoms with Crippen molar-refractivity contribution in [2.75, 3.05) is 12.5 Å². The molecule has 0 bridgehead atoms. The van der Waals surface area contributed by atoms with Crippen molar-refractivity contribution in [3.05, 3.63) is 0 Å². The second kappa shape index (κ2) is 4.99. The van der Waals surface area contributed by atoms with Gasteiger partial charge in [-0.3, -0.25) is 0 Å². The van der Waals surface area contributed by atoms with Crippen molar-refractivity contribution in [3.8, 4) is 0 Å². The Morgan fingerprint density at radius 2 is 1.00 bits per heavy atom.